The molecular weight excluding hydrogens is 326 g/mol. The zero-order valence-electron chi connectivity index (χ0n) is 15.3. The van der Waals surface area contributed by atoms with Gasteiger partial charge in [0.25, 0.3) is 5.91 Å². The number of rotatable bonds is 6. The largest absolute Gasteiger partial charge is 0.496 e. The Bertz CT molecular complexity index is 901. The number of hydrogen-bond acceptors (Lipinski definition) is 3. The lowest BCUT2D eigenvalue weighted by Crippen LogP contribution is -2.37. The second-order valence-electron chi connectivity index (χ2n) is 6.24. The summed E-state index contributed by atoms with van der Waals surface area (Å²) in [6.07, 6.45) is -0.583. The fourth-order valence-electron chi connectivity index (χ4n) is 3.02. The van der Waals surface area contributed by atoms with Gasteiger partial charge in [-0.25, -0.2) is 0 Å². The van der Waals surface area contributed by atoms with Crippen molar-refractivity contribution in [3.8, 4) is 11.5 Å². The summed E-state index contributed by atoms with van der Waals surface area (Å²) in [5.41, 5.74) is 0.961. The molecule has 0 bridgehead atoms. The molecule has 0 saturated carbocycles. The van der Waals surface area contributed by atoms with E-state index in [0.717, 1.165) is 27.8 Å². The Hall–Kier alpha value is -3.01. The Kier molecular flexibility index (Phi) is 5.42. The third-order valence-electron chi connectivity index (χ3n) is 4.38. The molecule has 0 aliphatic rings. The van der Waals surface area contributed by atoms with E-state index in [1.54, 1.807) is 26.0 Å². The smallest absolute Gasteiger partial charge is 0.263 e. The number of ether oxygens (including phenoxy) is 2. The highest BCUT2D eigenvalue weighted by Gasteiger charge is 2.21. The number of para-hydroxylation sites is 1. The quantitative estimate of drug-likeness (QED) is 0.667. The molecule has 134 valence electrons. The van der Waals surface area contributed by atoms with Crippen LogP contribution in [-0.4, -0.2) is 31.1 Å². The highest BCUT2D eigenvalue weighted by molar-refractivity contribution is 5.89. The number of nitrogens with zero attached hydrogens (tertiary/aromatic N) is 1. The first-order chi connectivity index (χ1) is 12.6. The topological polar surface area (TPSA) is 38.8 Å². The molecule has 0 saturated heterocycles. The molecule has 3 rings (SSSR count). The molecule has 0 aliphatic heterocycles. The van der Waals surface area contributed by atoms with Crippen LogP contribution in [0.5, 0.6) is 11.5 Å². The van der Waals surface area contributed by atoms with Crippen molar-refractivity contribution in [3.63, 3.8) is 0 Å². The number of carbonyl (C=O) groups excluding carboxylic acids is 1. The molecule has 26 heavy (non-hydrogen) atoms. The van der Waals surface area contributed by atoms with E-state index in [1.807, 2.05) is 66.7 Å². The van der Waals surface area contributed by atoms with Crippen LogP contribution in [0.1, 0.15) is 12.5 Å². The minimum atomic E-state index is -0.583. The minimum absolute atomic E-state index is 0.0798. The van der Waals surface area contributed by atoms with Gasteiger partial charge in [0.05, 0.1) is 7.11 Å². The summed E-state index contributed by atoms with van der Waals surface area (Å²) in [6, 6.07) is 21.5. The molecule has 0 aliphatic carbocycles. The van der Waals surface area contributed by atoms with Gasteiger partial charge in [0.15, 0.2) is 6.10 Å². The Balaban J connectivity index is 1.72. The number of methoxy groups -OCH3 is 1. The number of likely N-dealkylation sites (N-methyl/N-ethyl adjacent to an activating group) is 1. The van der Waals surface area contributed by atoms with Crippen LogP contribution in [0.4, 0.5) is 0 Å². The van der Waals surface area contributed by atoms with Gasteiger partial charge in [0, 0.05) is 24.5 Å². The maximum atomic E-state index is 12.7. The van der Waals surface area contributed by atoms with Crippen molar-refractivity contribution < 1.29 is 14.3 Å². The third kappa shape index (κ3) is 3.80. The van der Waals surface area contributed by atoms with E-state index in [0.29, 0.717) is 6.54 Å². The van der Waals surface area contributed by atoms with E-state index < -0.39 is 6.10 Å². The van der Waals surface area contributed by atoms with Gasteiger partial charge in [-0.3, -0.25) is 4.79 Å². The first-order valence-electron chi connectivity index (χ1n) is 8.61. The lowest BCUT2D eigenvalue weighted by atomic mass is 10.1. The maximum absolute atomic E-state index is 12.7. The molecular formula is C22H23NO3. The van der Waals surface area contributed by atoms with Crippen LogP contribution in [0, 0.1) is 0 Å². The van der Waals surface area contributed by atoms with E-state index in [-0.39, 0.29) is 5.91 Å². The fourth-order valence-corrected chi connectivity index (χ4v) is 3.02. The molecule has 1 amide bonds. The van der Waals surface area contributed by atoms with Gasteiger partial charge in [0.1, 0.15) is 11.5 Å². The van der Waals surface area contributed by atoms with Gasteiger partial charge < -0.3 is 14.4 Å². The van der Waals surface area contributed by atoms with Gasteiger partial charge in [0.2, 0.25) is 0 Å². The Morgan fingerprint density at radius 3 is 2.42 bits per heavy atom. The first kappa shape index (κ1) is 17.8. The van der Waals surface area contributed by atoms with Crippen molar-refractivity contribution in [3.05, 3.63) is 72.3 Å². The highest BCUT2D eigenvalue weighted by atomic mass is 16.5. The van der Waals surface area contributed by atoms with Gasteiger partial charge >= 0.3 is 0 Å². The first-order valence-corrected chi connectivity index (χ1v) is 8.61. The number of fused-ring (bicyclic) bond motifs is 1. The Labute approximate surface area is 154 Å². The fraction of sp³-hybridized carbons (Fsp3) is 0.227. The van der Waals surface area contributed by atoms with Crippen LogP contribution in [0.25, 0.3) is 10.8 Å². The molecule has 1 atom stereocenters. The van der Waals surface area contributed by atoms with Gasteiger partial charge in [-0.2, -0.15) is 0 Å². The molecule has 0 aromatic heterocycles. The van der Waals surface area contributed by atoms with Crippen molar-refractivity contribution in [1.29, 1.82) is 0 Å². The standard InChI is InChI=1S/C22H23NO3/c1-16(26-21-14-8-11-17-9-4-6-12-19(17)21)22(24)23(2)15-18-10-5-7-13-20(18)25-3/h4-14,16H,15H2,1-3H3/t16-/m0/s1. The van der Waals surface area contributed by atoms with Crippen LogP contribution in [0.3, 0.4) is 0 Å². The van der Waals surface area contributed by atoms with Gasteiger partial charge in [-0.05, 0) is 24.4 Å². The number of amides is 1. The van der Waals surface area contributed by atoms with Crippen molar-refractivity contribution in [2.24, 2.45) is 0 Å². The molecule has 0 spiro atoms. The lowest BCUT2D eigenvalue weighted by Gasteiger charge is -2.23. The zero-order chi connectivity index (χ0) is 18.5. The summed E-state index contributed by atoms with van der Waals surface area (Å²) in [4.78, 5) is 14.4. The zero-order valence-corrected chi connectivity index (χ0v) is 15.3. The van der Waals surface area contributed by atoms with Crippen molar-refractivity contribution in [2.45, 2.75) is 19.6 Å². The van der Waals surface area contributed by atoms with Crippen LogP contribution in [0.15, 0.2) is 66.7 Å². The molecule has 0 N–H and O–H groups in total. The summed E-state index contributed by atoms with van der Waals surface area (Å²) in [7, 11) is 3.41. The van der Waals surface area contributed by atoms with Crippen LogP contribution >= 0.6 is 0 Å². The molecule has 0 heterocycles. The summed E-state index contributed by atoms with van der Waals surface area (Å²) in [6.45, 7) is 2.24. The second kappa shape index (κ2) is 7.91. The maximum Gasteiger partial charge on any atom is 0.263 e. The van der Waals surface area contributed by atoms with Crippen LogP contribution < -0.4 is 9.47 Å². The van der Waals surface area contributed by atoms with E-state index in [9.17, 15) is 4.79 Å². The van der Waals surface area contributed by atoms with Crippen LogP contribution in [0.2, 0.25) is 0 Å². The summed E-state index contributed by atoms with van der Waals surface area (Å²) in [5, 5.41) is 2.09. The molecule has 0 unspecified atom stereocenters. The molecule has 0 radical (unpaired) electrons. The Morgan fingerprint density at radius 2 is 1.62 bits per heavy atom. The predicted molar refractivity (Wildman–Crippen MR) is 104 cm³/mol. The van der Waals surface area contributed by atoms with E-state index in [1.165, 1.54) is 0 Å². The van der Waals surface area contributed by atoms with Crippen molar-refractivity contribution in [1.82, 2.24) is 4.90 Å². The minimum Gasteiger partial charge on any atom is -0.496 e. The monoisotopic (exact) mass is 349 g/mol. The highest BCUT2D eigenvalue weighted by Crippen LogP contribution is 2.26. The van der Waals surface area contributed by atoms with Gasteiger partial charge in [-0.1, -0.05) is 54.6 Å². The second-order valence-corrected chi connectivity index (χ2v) is 6.24. The van der Waals surface area contributed by atoms with E-state index in [4.69, 9.17) is 9.47 Å². The summed E-state index contributed by atoms with van der Waals surface area (Å²) < 4.78 is 11.3. The molecule has 0 fully saturated rings. The number of hydrogen-bond donors (Lipinski definition) is 0. The number of benzene rings is 3. The van der Waals surface area contributed by atoms with Gasteiger partial charge in [-0.15, -0.1) is 0 Å². The predicted octanol–water partition coefficient (Wildman–Crippen LogP) is 4.27. The normalized spacial score (nSPS) is 11.8. The molecule has 4 heteroatoms. The molecule has 3 aromatic carbocycles. The van der Waals surface area contributed by atoms with E-state index >= 15 is 0 Å². The van der Waals surface area contributed by atoms with E-state index in [2.05, 4.69) is 0 Å². The number of carbonyl (C=O) groups is 1. The molecule has 4 nitrogen and oxygen atoms in total. The van der Waals surface area contributed by atoms with Crippen molar-refractivity contribution in [2.75, 3.05) is 14.2 Å². The van der Waals surface area contributed by atoms with Crippen molar-refractivity contribution >= 4 is 16.7 Å². The third-order valence-corrected chi connectivity index (χ3v) is 4.38. The average Bonchev–Trinajstić information content (AvgIpc) is 2.68. The molecule has 3 aromatic rings. The lowest BCUT2D eigenvalue weighted by molar-refractivity contribution is -0.137. The van der Waals surface area contributed by atoms with Crippen LogP contribution in [-0.2, 0) is 11.3 Å². The Morgan fingerprint density at radius 1 is 0.962 bits per heavy atom. The SMILES string of the molecule is COc1ccccc1CN(C)C(=O)[C@H](C)Oc1cccc2ccccc12. The average molecular weight is 349 g/mol. The summed E-state index contributed by atoms with van der Waals surface area (Å²) >= 11 is 0. The summed E-state index contributed by atoms with van der Waals surface area (Å²) in [5.74, 6) is 1.41.